The summed E-state index contributed by atoms with van der Waals surface area (Å²) in [5.74, 6) is 2.75. The van der Waals surface area contributed by atoms with Crippen molar-refractivity contribution in [2.24, 2.45) is 12.0 Å². The molecule has 0 spiro atoms. The topological polar surface area (TPSA) is 76.8 Å². The summed E-state index contributed by atoms with van der Waals surface area (Å²) in [5, 5.41) is 11.6. The number of likely N-dealkylation sites (N-methyl/N-ethyl adjacent to an activating group) is 1. The second kappa shape index (κ2) is 11.2. The highest BCUT2D eigenvalue weighted by Gasteiger charge is 2.09. The number of aliphatic imine (C=N–C) groups is 1. The van der Waals surface area contributed by atoms with E-state index in [0.29, 0.717) is 32.1 Å². The van der Waals surface area contributed by atoms with E-state index in [1.165, 1.54) is 12.1 Å². The van der Waals surface area contributed by atoms with Gasteiger partial charge in [0, 0.05) is 34.4 Å². The van der Waals surface area contributed by atoms with Crippen LogP contribution in [0.1, 0.15) is 18.1 Å². The van der Waals surface area contributed by atoms with Gasteiger partial charge in [-0.3, -0.25) is 0 Å². The Morgan fingerprint density at radius 1 is 1.25 bits per heavy atom. The molecule has 0 aliphatic rings. The maximum atomic E-state index is 13.0. The smallest absolute Gasteiger partial charge is 0.194 e. The number of ether oxygens (including phenoxy) is 2. The lowest BCUT2D eigenvalue weighted by atomic mass is 10.3. The van der Waals surface area contributed by atoms with Gasteiger partial charge in [0.25, 0.3) is 0 Å². The molecule has 0 saturated carbocycles. The first-order chi connectivity index (χ1) is 13.5. The highest BCUT2D eigenvalue weighted by molar-refractivity contribution is 5.79. The lowest BCUT2D eigenvalue weighted by molar-refractivity contribution is 0.195. The van der Waals surface area contributed by atoms with Gasteiger partial charge in [0.15, 0.2) is 11.8 Å². The minimum Gasteiger partial charge on any atom is -0.492 e. The Morgan fingerprint density at radius 3 is 2.64 bits per heavy atom. The van der Waals surface area contributed by atoms with Crippen molar-refractivity contribution in [1.29, 1.82) is 0 Å². The highest BCUT2D eigenvalue weighted by atomic mass is 19.1. The van der Waals surface area contributed by atoms with Crippen molar-refractivity contribution in [2.75, 3.05) is 40.5 Å². The van der Waals surface area contributed by atoms with Crippen LogP contribution < -0.4 is 10.1 Å². The molecule has 1 heterocycles. The summed E-state index contributed by atoms with van der Waals surface area (Å²) in [4.78, 5) is 6.65. The number of methoxy groups -OCH3 is 1. The Morgan fingerprint density at radius 2 is 2.00 bits per heavy atom. The van der Waals surface area contributed by atoms with Crippen LogP contribution in [-0.4, -0.2) is 66.1 Å². The van der Waals surface area contributed by atoms with E-state index in [1.54, 1.807) is 19.2 Å². The van der Waals surface area contributed by atoms with Crippen LogP contribution in [0.3, 0.4) is 0 Å². The molecule has 2 rings (SSSR count). The zero-order chi connectivity index (χ0) is 20.4. The Bertz CT molecular complexity index is 747. The van der Waals surface area contributed by atoms with Crippen LogP contribution in [0.4, 0.5) is 4.39 Å². The van der Waals surface area contributed by atoms with E-state index in [2.05, 4.69) is 20.5 Å². The zero-order valence-electron chi connectivity index (χ0n) is 17.0. The Balaban J connectivity index is 1.92. The van der Waals surface area contributed by atoms with Crippen molar-refractivity contribution >= 4 is 5.96 Å². The number of hydrogen-bond donors (Lipinski definition) is 1. The fourth-order valence-electron chi connectivity index (χ4n) is 2.40. The summed E-state index contributed by atoms with van der Waals surface area (Å²) >= 11 is 0. The maximum absolute atomic E-state index is 13.0. The molecule has 8 nitrogen and oxygen atoms in total. The first-order valence-electron chi connectivity index (χ1n) is 9.23. The Kier molecular flexibility index (Phi) is 8.67. The van der Waals surface area contributed by atoms with Gasteiger partial charge in [-0.25, -0.2) is 9.38 Å². The normalized spacial score (nSPS) is 11.5. The standard InChI is InChI=1S/C19H29FN6O2/c1-15-23-24-18(26(15)3)14-22-19(21-10-5-12-27-4)25(2)11-13-28-17-8-6-16(20)7-9-17/h6-9H,5,10-14H2,1-4H3,(H,21,22). The molecule has 0 saturated heterocycles. The van der Waals surface area contributed by atoms with Crippen LogP contribution in [0.25, 0.3) is 0 Å². The summed E-state index contributed by atoms with van der Waals surface area (Å²) < 4.78 is 25.6. The molecule has 0 radical (unpaired) electrons. The van der Waals surface area contributed by atoms with Gasteiger partial charge in [-0.05, 0) is 37.6 Å². The van der Waals surface area contributed by atoms with E-state index in [1.807, 2.05) is 30.5 Å². The van der Waals surface area contributed by atoms with E-state index in [9.17, 15) is 4.39 Å². The van der Waals surface area contributed by atoms with E-state index >= 15 is 0 Å². The molecule has 9 heteroatoms. The first-order valence-corrected chi connectivity index (χ1v) is 9.23. The summed E-state index contributed by atoms with van der Waals surface area (Å²) in [6.07, 6.45) is 0.874. The minimum absolute atomic E-state index is 0.279. The van der Waals surface area contributed by atoms with Crippen molar-refractivity contribution in [1.82, 2.24) is 25.0 Å². The third kappa shape index (κ3) is 6.80. The molecule has 0 bridgehead atoms. The van der Waals surface area contributed by atoms with Gasteiger partial charge < -0.3 is 24.3 Å². The van der Waals surface area contributed by atoms with Crippen LogP contribution in [-0.2, 0) is 18.3 Å². The largest absolute Gasteiger partial charge is 0.492 e. The van der Waals surface area contributed by atoms with Gasteiger partial charge >= 0.3 is 0 Å². The Labute approximate surface area is 165 Å². The lowest BCUT2D eigenvalue weighted by Crippen LogP contribution is -2.41. The minimum atomic E-state index is -0.279. The molecule has 0 unspecified atom stereocenters. The van der Waals surface area contributed by atoms with E-state index in [0.717, 1.165) is 30.6 Å². The molecule has 1 aromatic carbocycles. The highest BCUT2D eigenvalue weighted by Crippen LogP contribution is 2.10. The lowest BCUT2D eigenvalue weighted by Gasteiger charge is -2.22. The van der Waals surface area contributed by atoms with Crippen molar-refractivity contribution < 1.29 is 13.9 Å². The van der Waals surface area contributed by atoms with Crippen LogP contribution in [0.15, 0.2) is 29.3 Å². The number of nitrogens with zero attached hydrogens (tertiary/aromatic N) is 5. The Hall–Kier alpha value is -2.68. The molecule has 0 aliphatic carbocycles. The summed E-state index contributed by atoms with van der Waals surface area (Å²) in [6, 6.07) is 5.99. The number of halogens is 1. The number of aromatic nitrogens is 3. The molecule has 0 amide bonds. The molecule has 1 N–H and O–H groups in total. The molecule has 2 aromatic rings. The monoisotopic (exact) mass is 392 g/mol. The van der Waals surface area contributed by atoms with E-state index < -0.39 is 0 Å². The van der Waals surface area contributed by atoms with Gasteiger partial charge in [0.2, 0.25) is 0 Å². The fourth-order valence-corrected chi connectivity index (χ4v) is 2.40. The maximum Gasteiger partial charge on any atom is 0.194 e. The van der Waals surface area contributed by atoms with Gasteiger partial charge in [-0.15, -0.1) is 10.2 Å². The molecule has 0 fully saturated rings. The summed E-state index contributed by atoms with van der Waals surface area (Å²) in [6.45, 7) is 4.82. The molecule has 0 aliphatic heterocycles. The third-order valence-corrected chi connectivity index (χ3v) is 4.23. The summed E-state index contributed by atoms with van der Waals surface area (Å²) in [7, 11) is 5.55. The molecule has 0 atom stereocenters. The van der Waals surface area contributed by atoms with Crippen LogP contribution in [0.5, 0.6) is 5.75 Å². The number of guanidine groups is 1. The van der Waals surface area contributed by atoms with Crippen molar-refractivity contribution in [3.8, 4) is 5.75 Å². The predicted octanol–water partition coefficient (Wildman–Crippen LogP) is 1.76. The predicted molar refractivity (Wildman–Crippen MR) is 106 cm³/mol. The van der Waals surface area contributed by atoms with Gasteiger partial charge in [-0.2, -0.15) is 0 Å². The van der Waals surface area contributed by atoms with Crippen molar-refractivity contribution in [3.63, 3.8) is 0 Å². The van der Waals surface area contributed by atoms with Crippen molar-refractivity contribution in [3.05, 3.63) is 41.7 Å². The molecule has 154 valence electrons. The zero-order valence-corrected chi connectivity index (χ0v) is 17.0. The molecule has 1 aromatic heterocycles. The fraction of sp³-hybridized carbons (Fsp3) is 0.526. The average molecular weight is 392 g/mol. The second-order valence-electron chi connectivity index (χ2n) is 6.36. The molecular formula is C19H29FN6O2. The van der Waals surface area contributed by atoms with Crippen LogP contribution >= 0.6 is 0 Å². The van der Waals surface area contributed by atoms with Gasteiger partial charge in [-0.1, -0.05) is 0 Å². The molecular weight excluding hydrogens is 363 g/mol. The number of rotatable bonds is 10. The van der Waals surface area contributed by atoms with Gasteiger partial charge in [0.05, 0.1) is 6.54 Å². The number of benzene rings is 1. The van der Waals surface area contributed by atoms with Crippen LogP contribution in [0, 0.1) is 12.7 Å². The average Bonchev–Trinajstić information content (AvgIpc) is 3.01. The van der Waals surface area contributed by atoms with E-state index in [4.69, 9.17) is 9.47 Å². The van der Waals surface area contributed by atoms with E-state index in [-0.39, 0.29) is 5.82 Å². The van der Waals surface area contributed by atoms with Crippen LogP contribution in [0.2, 0.25) is 0 Å². The quantitative estimate of drug-likeness (QED) is 0.377. The number of hydrogen-bond acceptors (Lipinski definition) is 5. The number of nitrogens with one attached hydrogen (secondary N) is 1. The third-order valence-electron chi connectivity index (χ3n) is 4.23. The number of aryl methyl sites for hydroxylation is 1. The van der Waals surface area contributed by atoms with Gasteiger partial charge in [0.1, 0.15) is 30.5 Å². The second-order valence-corrected chi connectivity index (χ2v) is 6.36. The SMILES string of the molecule is COCCCNC(=NCc1nnc(C)n1C)N(C)CCOc1ccc(F)cc1. The summed E-state index contributed by atoms with van der Waals surface area (Å²) in [5.41, 5.74) is 0. The molecule has 28 heavy (non-hydrogen) atoms. The van der Waals surface area contributed by atoms with Crippen molar-refractivity contribution in [2.45, 2.75) is 19.9 Å². The first kappa shape index (κ1) is 21.6.